The van der Waals surface area contributed by atoms with Crippen LogP contribution in [-0.4, -0.2) is 36.1 Å². The van der Waals surface area contributed by atoms with Crippen molar-refractivity contribution in [2.75, 3.05) is 20.1 Å². The van der Waals surface area contributed by atoms with Crippen molar-refractivity contribution < 1.29 is 4.79 Å². The lowest BCUT2D eigenvalue weighted by Crippen LogP contribution is -2.42. The molecule has 0 aromatic rings. The van der Waals surface area contributed by atoms with E-state index >= 15 is 0 Å². The van der Waals surface area contributed by atoms with Crippen LogP contribution in [-0.2, 0) is 0 Å². The van der Waals surface area contributed by atoms with E-state index in [0.29, 0.717) is 18.1 Å². The van der Waals surface area contributed by atoms with Gasteiger partial charge in [-0.1, -0.05) is 19.1 Å². The van der Waals surface area contributed by atoms with E-state index in [2.05, 4.69) is 5.32 Å². The molecule has 4 nitrogen and oxygen atoms in total. The van der Waals surface area contributed by atoms with Gasteiger partial charge in [0.15, 0.2) is 0 Å². The molecule has 0 aromatic heterocycles. The van der Waals surface area contributed by atoms with Gasteiger partial charge in [-0.25, -0.2) is 4.79 Å². The van der Waals surface area contributed by atoms with Gasteiger partial charge >= 0.3 is 6.03 Å². The highest BCUT2D eigenvalue weighted by atomic mass is 32.1. The largest absolute Gasteiger partial charge is 0.393 e. The van der Waals surface area contributed by atoms with Gasteiger partial charge in [0, 0.05) is 26.1 Å². The molecule has 0 aromatic carbocycles. The van der Waals surface area contributed by atoms with Gasteiger partial charge < -0.3 is 16.0 Å². The lowest BCUT2D eigenvalue weighted by atomic mass is 10.2. The van der Waals surface area contributed by atoms with E-state index in [-0.39, 0.29) is 11.9 Å². The Kier molecular flexibility index (Phi) is 5.37. The van der Waals surface area contributed by atoms with Crippen molar-refractivity contribution in [3.05, 3.63) is 0 Å². The Morgan fingerprint density at radius 1 is 1.69 bits per heavy atom. The first-order valence-corrected chi connectivity index (χ1v) is 4.69. The molecule has 1 atom stereocenters. The third-order valence-electron chi connectivity index (χ3n) is 1.86. The van der Waals surface area contributed by atoms with Gasteiger partial charge in [0.05, 0.1) is 4.99 Å². The monoisotopic (exact) mass is 203 g/mol. The molecule has 0 bridgehead atoms. The van der Waals surface area contributed by atoms with Crippen LogP contribution in [0, 0.1) is 5.92 Å². The van der Waals surface area contributed by atoms with Crippen LogP contribution < -0.4 is 11.1 Å². The molecule has 2 amide bonds. The first kappa shape index (κ1) is 12.2. The minimum Gasteiger partial charge on any atom is -0.393 e. The molecular formula is C8H17N3OS. The highest BCUT2D eigenvalue weighted by molar-refractivity contribution is 7.80. The molecule has 0 aliphatic heterocycles. The van der Waals surface area contributed by atoms with Gasteiger partial charge in [-0.05, 0) is 6.92 Å². The molecule has 5 heteroatoms. The molecule has 3 N–H and O–H groups in total. The fourth-order valence-corrected chi connectivity index (χ4v) is 1.01. The number of nitrogens with two attached hydrogens (primary N) is 1. The molecule has 0 saturated heterocycles. The van der Waals surface area contributed by atoms with Crippen LogP contribution in [0.1, 0.15) is 13.8 Å². The van der Waals surface area contributed by atoms with Gasteiger partial charge in [0.25, 0.3) is 0 Å². The van der Waals surface area contributed by atoms with Crippen molar-refractivity contribution >= 4 is 23.2 Å². The predicted molar refractivity (Wildman–Crippen MR) is 57.7 cm³/mol. The molecule has 0 aliphatic rings. The van der Waals surface area contributed by atoms with Crippen LogP contribution >= 0.6 is 12.2 Å². The Hall–Kier alpha value is -0.840. The van der Waals surface area contributed by atoms with E-state index in [1.807, 2.05) is 13.8 Å². The number of nitrogens with one attached hydrogen (secondary N) is 1. The molecule has 76 valence electrons. The van der Waals surface area contributed by atoms with Crippen LogP contribution in [0.5, 0.6) is 0 Å². The second-order valence-corrected chi connectivity index (χ2v) is 3.37. The molecule has 0 radical (unpaired) electrons. The summed E-state index contributed by atoms with van der Waals surface area (Å²) in [7, 11) is 1.61. The standard InChI is InChI=1S/C8H17N3OS/c1-4-11(8(12)10-3)5-6(2)7(9)13/h6H,4-5H2,1-3H3,(H2,9,13)(H,10,12). The summed E-state index contributed by atoms with van der Waals surface area (Å²) in [6, 6.07) is -0.0920. The zero-order chi connectivity index (χ0) is 10.4. The first-order chi connectivity index (χ1) is 6.02. The summed E-state index contributed by atoms with van der Waals surface area (Å²) in [5.41, 5.74) is 5.45. The molecule has 0 fully saturated rings. The molecule has 13 heavy (non-hydrogen) atoms. The number of hydrogen-bond acceptors (Lipinski definition) is 2. The topological polar surface area (TPSA) is 58.4 Å². The molecule has 0 heterocycles. The highest BCUT2D eigenvalue weighted by Gasteiger charge is 2.14. The first-order valence-electron chi connectivity index (χ1n) is 4.28. The maximum Gasteiger partial charge on any atom is 0.317 e. The van der Waals surface area contributed by atoms with Crippen molar-refractivity contribution in [3.63, 3.8) is 0 Å². The second-order valence-electron chi connectivity index (χ2n) is 2.90. The summed E-state index contributed by atoms with van der Waals surface area (Å²) < 4.78 is 0. The van der Waals surface area contributed by atoms with Crippen LogP contribution in [0.25, 0.3) is 0 Å². The maximum absolute atomic E-state index is 11.2. The molecular weight excluding hydrogens is 186 g/mol. The van der Waals surface area contributed by atoms with Crippen molar-refractivity contribution in [1.82, 2.24) is 10.2 Å². The summed E-state index contributed by atoms with van der Waals surface area (Å²) in [6.45, 7) is 5.06. The Balaban J connectivity index is 4.12. The SMILES string of the molecule is CCN(CC(C)C(N)=S)C(=O)NC. The minimum absolute atomic E-state index is 0.0623. The lowest BCUT2D eigenvalue weighted by molar-refractivity contribution is 0.199. The van der Waals surface area contributed by atoms with Gasteiger partial charge in [0.1, 0.15) is 0 Å². The summed E-state index contributed by atoms with van der Waals surface area (Å²) >= 11 is 4.83. The van der Waals surface area contributed by atoms with E-state index < -0.39 is 0 Å². The molecule has 0 saturated carbocycles. The van der Waals surface area contributed by atoms with E-state index in [1.165, 1.54) is 0 Å². The lowest BCUT2D eigenvalue weighted by Gasteiger charge is -2.23. The van der Waals surface area contributed by atoms with Crippen LogP contribution in [0.2, 0.25) is 0 Å². The average Bonchev–Trinajstić information content (AvgIpc) is 2.12. The summed E-state index contributed by atoms with van der Waals surface area (Å²) in [4.78, 5) is 13.3. The number of thiocarbonyl (C=S) groups is 1. The van der Waals surface area contributed by atoms with Crippen LogP contribution in [0.15, 0.2) is 0 Å². The number of amides is 2. The summed E-state index contributed by atoms with van der Waals surface area (Å²) in [5, 5.41) is 2.56. The zero-order valence-corrected chi connectivity index (χ0v) is 9.15. The minimum atomic E-state index is -0.0920. The van der Waals surface area contributed by atoms with Gasteiger partial charge in [-0.2, -0.15) is 0 Å². The molecule has 1 unspecified atom stereocenters. The normalized spacial score (nSPS) is 11.9. The number of nitrogens with zero attached hydrogens (tertiary/aromatic N) is 1. The Bertz CT molecular complexity index is 196. The van der Waals surface area contributed by atoms with Gasteiger partial charge in [-0.3, -0.25) is 0 Å². The number of carbonyl (C=O) groups is 1. The van der Waals surface area contributed by atoms with Crippen molar-refractivity contribution in [1.29, 1.82) is 0 Å². The smallest absolute Gasteiger partial charge is 0.317 e. The molecule has 0 aliphatic carbocycles. The van der Waals surface area contributed by atoms with E-state index in [4.69, 9.17) is 18.0 Å². The quantitative estimate of drug-likeness (QED) is 0.657. The van der Waals surface area contributed by atoms with Gasteiger partial charge in [0.2, 0.25) is 0 Å². The Morgan fingerprint density at radius 3 is 2.54 bits per heavy atom. The number of rotatable bonds is 4. The average molecular weight is 203 g/mol. The number of urea groups is 1. The van der Waals surface area contributed by atoms with Crippen molar-refractivity contribution in [3.8, 4) is 0 Å². The molecule has 0 rings (SSSR count). The van der Waals surface area contributed by atoms with Crippen molar-refractivity contribution in [2.45, 2.75) is 13.8 Å². The van der Waals surface area contributed by atoms with E-state index in [9.17, 15) is 4.79 Å². The summed E-state index contributed by atoms with van der Waals surface area (Å²) in [5.74, 6) is 0.0623. The predicted octanol–water partition coefficient (Wildman–Crippen LogP) is 0.570. The third-order valence-corrected chi connectivity index (χ3v) is 2.27. The van der Waals surface area contributed by atoms with Gasteiger partial charge in [-0.15, -0.1) is 0 Å². The van der Waals surface area contributed by atoms with E-state index in [1.54, 1.807) is 11.9 Å². The van der Waals surface area contributed by atoms with Crippen LogP contribution in [0.4, 0.5) is 4.79 Å². The number of hydrogen-bond donors (Lipinski definition) is 2. The third kappa shape index (κ3) is 4.07. The van der Waals surface area contributed by atoms with Crippen molar-refractivity contribution in [2.24, 2.45) is 11.7 Å². The highest BCUT2D eigenvalue weighted by Crippen LogP contribution is 2.00. The Morgan fingerprint density at radius 2 is 2.23 bits per heavy atom. The maximum atomic E-state index is 11.2. The summed E-state index contributed by atoms with van der Waals surface area (Å²) in [6.07, 6.45) is 0. The zero-order valence-electron chi connectivity index (χ0n) is 8.33. The Labute approximate surface area is 84.5 Å². The fourth-order valence-electron chi connectivity index (χ4n) is 0.934. The molecule has 0 spiro atoms. The van der Waals surface area contributed by atoms with Crippen LogP contribution in [0.3, 0.4) is 0 Å². The van der Waals surface area contributed by atoms with E-state index in [0.717, 1.165) is 0 Å². The second kappa shape index (κ2) is 5.75. The number of carbonyl (C=O) groups excluding carboxylic acids is 1. The fraction of sp³-hybridized carbons (Fsp3) is 0.750.